The van der Waals surface area contributed by atoms with Gasteiger partial charge in [-0.25, -0.2) is 14.4 Å². The Balaban J connectivity index is 0.000000371. The van der Waals surface area contributed by atoms with Gasteiger partial charge in [-0.2, -0.15) is 0 Å². The summed E-state index contributed by atoms with van der Waals surface area (Å²) in [4.78, 5) is 72.7. The molecule has 0 spiro atoms. The van der Waals surface area contributed by atoms with E-state index in [1.165, 1.54) is 21.3 Å². The van der Waals surface area contributed by atoms with Gasteiger partial charge < -0.3 is 46.1 Å². The molecule has 0 radical (unpaired) electrons. The van der Waals surface area contributed by atoms with Crippen LogP contribution in [0.3, 0.4) is 0 Å². The highest BCUT2D eigenvalue weighted by Gasteiger charge is 2.29. The minimum absolute atomic E-state index is 0.0245. The molecule has 0 fully saturated rings. The molecule has 0 saturated carbocycles. The summed E-state index contributed by atoms with van der Waals surface area (Å²) in [5.41, 5.74) is 2.91. The van der Waals surface area contributed by atoms with E-state index < -0.39 is 54.2 Å². The molecule has 72 heavy (non-hydrogen) atoms. The third-order valence-corrected chi connectivity index (χ3v) is 12.9. The van der Waals surface area contributed by atoms with Crippen LogP contribution in [0.5, 0.6) is 0 Å². The number of hydrogen-bond acceptors (Lipinski definition) is 12. The van der Waals surface area contributed by atoms with Gasteiger partial charge in [0.2, 0.25) is 17.7 Å². The zero-order chi connectivity index (χ0) is 54.2. The van der Waals surface area contributed by atoms with E-state index in [1.54, 1.807) is 75.4 Å². The first-order valence-corrected chi connectivity index (χ1v) is 25.0. The molecule has 4 aromatic carbocycles. The second-order valence-electron chi connectivity index (χ2n) is 16.9. The smallest absolute Gasteiger partial charge is 0.328 e. The van der Waals surface area contributed by atoms with Crippen molar-refractivity contribution in [1.29, 1.82) is 0 Å². The fraction of sp³-hybridized carbons (Fsp3) is 0.412. The van der Waals surface area contributed by atoms with Gasteiger partial charge in [0.15, 0.2) is 0 Å². The number of ether oxygens (including phenoxy) is 3. The van der Waals surface area contributed by atoms with Gasteiger partial charge in [-0.3, -0.25) is 14.4 Å². The first-order chi connectivity index (χ1) is 33.9. The molecular formula is C51H64Cl6N6O9. The number of anilines is 3. The lowest BCUT2D eigenvalue weighted by Gasteiger charge is -2.24. The van der Waals surface area contributed by atoms with Gasteiger partial charge in [-0.15, -0.1) is 0 Å². The molecule has 0 bridgehead atoms. The van der Waals surface area contributed by atoms with E-state index in [9.17, 15) is 28.8 Å². The Morgan fingerprint density at radius 2 is 0.833 bits per heavy atom. The summed E-state index contributed by atoms with van der Waals surface area (Å²) >= 11 is 35.5. The Labute approximate surface area is 452 Å². The molecule has 7 atom stereocenters. The SMILES string of the molecule is CC[C@H](C)[C@H](NC(=O)[C@H](C)Nc1ccc(Cl)c(Cl)c1)C(=O)OC.COC(=O)[C@H](CC(C)C)NC(=O)[C@H](C)Nc1ccc(Cl)c(Cl)c1.COC(=O)[C@H](Cc1ccccc1)NC(=O)[C@H](C)Nc1ccc(Cl)c(Cl)c1. The molecule has 394 valence electrons. The van der Waals surface area contributed by atoms with Crippen molar-refractivity contribution in [2.24, 2.45) is 11.8 Å². The van der Waals surface area contributed by atoms with Crippen molar-refractivity contribution < 1.29 is 43.0 Å². The topological polar surface area (TPSA) is 202 Å². The third kappa shape index (κ3) is 21.9. The van der Waals surface area contributed by atoms with E-state index in [4.69, 9.17) is 83.8 Å². The van der Waals surface area contributed by atoms with Gasteiger partial charge in [0.25, 0.3) is 0 Å². The van der Waals surface area contributed by atoms with E-state index in [0.717, 1.165) is 12.0 Å². The van der Waals surface area contributed by atoms with Crippen LogP contribution in [-0.4, -0.2) is 93.2 Å². The molecular weight excluding hydrogens is 1050 g/mol. The predicted molar refractivity (Wildman–Crippen MR) is 290 cm³/mol. The maximum absolute atomic E-state index is 12.5. The number of carbonyl (C=O) groups excluding carboxylic acids is 6. The summed E-state index contributed by atoms with van der Waals surface area (Å²) in [6, 6.07) is 20.6. The third-order valence-electron chi connectivity index (χ3n) is 10.6. The predicted octanol–water partition coefficient (Wildman–Crippen LogP) is 10.7. The van der Waals surface area contributed by atoms with E-state index in [0.29, 0.717) is 60.0 Å². The highest BCUT2D eigenvalue weighted by Crippen LogP contribution is 2.27. The van der Waals surface area contributed by atoms with E-state index in [2.05, 4.69) is 31.9 Å². The summed E-state index contributed by atoms with van der Waals surface area (Å²) in [5, 5.41) is 19.7. The number of nitrogens with one attached hydrogen (secondary N) is 6. The van der Waals surface area contributed by atoms with Gasteiger partial charge in [0, 0.05) is 23.5 Å². The van der Waals surface area contributed by atoms with Crippen LogP contribution < -0.4 is 31.9 Å². The van der Waals surface area contributed by atoms with Crippen LogP contribution in [0, 0.1) is 11.8 Å². The summed E-state index contributed by atoms with van der Waals surface area (Å²) in [5.74, 6) is -2.10. The average Bonchev–Trinajstić information content (AvgIpc) is 3.35. The Bertz CT molecular complexity index is 2420. The van der Waals surface area contributed by atoms with Gasteiger partial charge in [-0.05, 0) is 99.2 Å². The molecule has 4 aromatic rings. The van der Waals surface area contributed by atoms with Crippen molar-refractivity contribution in [2.75, 3.05) is 37.3 Å². The molecule has 0 aliphatic rings. The van der Waals surface area contributed by atoms with E-state index in [1.807, 2.05) is 58.0 Å². The number of esters is 3. The number of carbonyl (C=O) groups is 6. The molecule has 15 nitrogen and oxygen atoms in total. The Hall–Kier alpha value is -5.16. The lowest BCUT2D eigenvalue weighted by atomic mass is 9.99. The second-order valence-corrected chi connectivity index (χ2v) is 19.3. The second kappa shape index (κ2) is 32.1. The van der Waals surface area contributed by atoms with Crippen molar-refractivity contribution in [3.05, 3.63) is 121 Å². The maximum atomic E-state index is 12.5. The lowest BCUT2D eigenvalue weighted by molar-refractivity contribution is -0.146. The molecule has 4 rings (SSSR count). The molecule has 0 aromatic heterocycles. The summed E-state index contributed by atoms with van der Waals surface area (Å²) < 4.78 is 14.3. The first-order valence-electron chi connectivity index (χ1n) is 22.8. The fourth-order valence-electron chi connectivity index (χ4n) is 6.39. The lowest BCUT2D eigenvalue weighted by Crippen LogP contribution is -2.50. The Morgan fingerprint density at radius 3 is 1.18 bits per heavy atom. The summed E-state index contributed by atoms with van der Waals surface area (Å²) in [6.45, 7) is 12.9. The molecule has 0 unspecified atom stereocenters. The van der Waals surface area contributed by atoms with E-state index >= 15 is 0 Å². The highest BCUT2D eigenvalue weighted by molar-refractivity contribution is 6.43. The monoisotopic (exact) mass is 1110 g/mol. The molecule has 0 heterocycles. The number of amides is 3. The van der Waals surface area contributed by atoms with E-state index in [-0.39, 0.29) is 29.6 Å². The van der Waals surface area contributed by atoms with Crippen LogP contribution in [0.2, 0.25) is 30.1 Å². The zero-order valence-electron chi connectivity index (χ0n) is 41.8. The van der Waals surface area contributed by atoms with Crippen molar-refractivity contribution in [1.82, 2.24) is 16.0 Å². The Kier molecular flexibility index (Phi) is 28.1. The summed E-state index contributed by atoms with van der Waals surface area (Å²) in [6.07, 6.45) is 1.60. The first kappa shape index (κ1) is 63.0. The largest absolute Gasteiger partial charge is 0.467 e. The van der Waals surface area contributed by atoms with Crippen molar-refractivity contribution in [3.8, 4) is 0 Å². The number of methoxy groups -OCH3 is 3. The molecule has 6 N–H and O–H groups in total. The Morgan fingerprint density at radius 1 is 0.472 bits per heavy atom. The average molecular weight is 1120 g/mol. The number of rotatable bonds is 21. The van der Waals surface area contributed by atoms with Crippen molar-refractivity contribution in [3.63, 3.8) is 0 Å². The van der Waals surface area contributed by atoms with Gasteiger partial charge in [0.05, 0.1) is 51.5 Å². The van der Waals surface area contributed by atoms with Crippen molar-refractivity contribution >= 4 is 122 Å². The molecule has 0 aliphatic heterocycles. The van der Waals surface area contributed by atoms with Crippen LogP contribution in [0.4, 0.5) is 17.1 Å². The van der Waals surface area contributed by atoms with Crippen LogP contribution in [-0.2, 0) is 49.4 Å². The van der Waals surface area contributed by atoms with Gasteiger partial charge >= 0.3 is 17.9 Å². The van der Waals surface area contributed by atoms with Gasteiger partial charge in [-0.1, -0.05) is 134 Å². The van der Waals surface area contributed by atoms with Gasteiger partial charge in [0.1, 0.15) is 36.3 Å². The molecule has 3 amide bonds. The maximum Gasteiger partial charge on any atom is 0.328 e. The number of halogens is 6. The van der Waals surface area contributed by atoms with Crippen LogP contribution in [0.25, 0.3) is 0 Å². The van der Waals surface area contributed by atoms with Crippen LogP contribution in [0.1, 0.15) is 66.9 Å². The highest BCUT2D eigenvalue weighted by atomic mass is 35.5. The number of hydrogen-bond donors (Lipinski definition) is 6. The molecule has 21 heteroatoms. The molecule has 0 saturated heterocycles. The fourth-order valence-corrected chi connectivity index (χ4v) is 7.28. The number of benzene rings is 4. The molecule has 0 aliphatic carbocycles. The minimum atomic E-state index is -0.770. The summed E-state index contributed by atoms with van der Waals surface area (Å²) in [7, 11) is 3.91. The van der Waals surface area contributed by atoms with Crippen LogP contribution in [0.15, 0.2) is 84.9 Å². The van der Waals surface area contributed by atoms with Crippen LogP contribution >= 0.6 is 69.6 Å². The normalized spacial score (nSPS) is 13.5. The van der Waals surface area contributed by atoms with Crippen molar-refractivity contribution in [2.45, 2.75) is 104 Å². The quantitative estimate of drug-likeness (QED) is 0.0341. The zero-order valence-corrected chi connectivity index (χ0v) is 46.3. The minimum Gasteiger partial charge on any atom is -0.467 e. The standard InChI is InChI=1S/C19H20Cl2N2O3.2C16H22Cl2N2O3/c1-12(22-14-8-9-15(20)16(21)11-14)18(24)23-17(19(25)26-2)10-13-6-4-3-5-7-13;1-9(2)7-14(16(22)23-4)20-15(21)10(3)19-11-5-6-12(17)13(18)8-11;1-5-9(2)14(16(22)23-4)20-15(21)10(3)19-11-6-7-12(17)13(18)8-11/h3-9,11-12,17,22H,10H2,1-2H3,(H,23,24);5-6,8-10,14,19H,7H2,1-4H3,(H,20,21);6-10,14,19H,5H2,1-4H3,(H,20,21)/t12-,17-;10-,14-;9-,10-,14-/m000/s1.